The van der Waals surface area contributed by atoms with Gasteiger partial charge in [0.25, 0.3) is 5.91 Å². The minimum absolute atomic E-state index is 0.0602. The summed E-state index contributed by atoms with van der Waals surface area (Å²) in [6, 6.07) is 12.0. The Morgan fingerprint density at radius 1 is 1.13 bits per heavy atom. The molecule has 1 heterocycles. The molecule has 0 atom stereocenters. The molecule has 3 aromatic rings. The maximum atomic E-state index is 13.0. The largest absolute Gasteiger partial charge is 0.417 e. The normalized spacial score (nSPS) is 11.3. The SMILES string of the molecule is Cc1nn(-c2ccccc2)nc1C(=O)N(C)CC(=O)Nc1ccc(Cl)c(C(F)(F)F)c1. The number of hydrogen-bond acceptors (Lipinski definition) is 4. The van der Waals surface area contributed by atoms with Crippen LogP contribution < -0.4 is 5.32 Å². The standard InChI is InChI=1S/C20H17ClF3N5O2/c1-12-18(27-29(26-12)14-6-4-3-5-7-14)19(31)28(2)11-17(30)25-13-8-9-16(21)15(10-13)20(22,23)24/h3-10H,11H2,1-2H3,(H,25,30). The molecule has 1 N–H and O–H groups in total. The van der Waals surface area contributed by atoms with Crippen molar-refractivity contribution in [1.29, 1.82) is 0 Å². The van der Waals surface area contributed by atoms with Gasteiger partial charge < -0.3 is 10.2 Å². The Morgan fingerprint density at radius 2 is 1.81 bits per heavy atom. The molecule has 2 amide bonds. The predicted molar refractivity (Wildman–Crippen MR) is 108 cm³/mol. The highest BCUT2D eigenvalue weighted by Gasteiger charge is 2.33. The van der Waals surface area contributed by atoms with Crippen LogP contribution in [0.2, 0.25) is 5.02 Å². The summed E-state index contributed by atoms with van der Waals surface area (Å²) in [5.74, 6) is -1.23. The Hall–Kier alpha value is -3.40. The van der Waals surface area contributed by atoms with Crippen LogP contribution in [0.5, 0.6) is 0 Å². The summed E-state index contributed by atoms with van der Waals surface area (Å²) < 4.78 is 38.9. The molecule has 11 heteroatoms. The van der Waals surface area contributed by atoms with Crippen molar-refractivity contribution in [2.24, 2.45) is 0 Å². The van der Waals surface area contributed by atoms with E-state index in [0.717, 1.165) is 17.0 Å². The van der Waals surface area contributed by atoms with Gasteiger partial charge in [0.1, 0.15) is 0 Å². The molecule has 0 radical (unpaired) electrons. The van der Waals surface area contributed by atoms with Crippen LogP contribution in [0.3, 0.4) is 0 Å². The molecule has 0 saturated heterocycles. The topological polar surface area (TPSA) is 80.1 Å². The second-order valence-corrected chi connectivity index (χ2v) is 7.07. The van der Waals surface area contributed by atoms with Gasteiger partial charge in [-0.15, -0.1) is 5.10 Å². The Labute approximate surface area is 180 Å². The number of amides is 2. The van der Waals surface area contributed by atoms with E-state index in [1.165, 1.54) is 17.9 Å². The molecule has 7 nitrogen and oxygen atoms in total. The molecule has 0 spiro atoms. The average Bonchev–Trinajstić information content (AvgIpc) is 3.10. The number of aromatic nitrogens is 3. The fourth-order valence-corrected chi connectivity index (χ4v) is 2.97. The maximum absolute atomic E-state index is 13.0. The first-order valence-electron chi connectivity index (χ1n) is 8.97. The van der Waals surface area contributed by atoms with E-state index >= 15 is 0 Å². The van der Waals surface area contributed by atoms with Gasteiger partial charge in [-0.25, -0.2) is 0 Å². The lowest BCUT2D eigenvalue weighted by molar-refractivity contribution is -0.137. The molecule has 0 aliphatic rings. The summed E-state index contributed by atoms with van der Waals surface area (Å²) in [5, 5.41) is 10.2. The number of carbonyl (C=O) groups excluding carboxylic acids is 2. The van der Waals surface area contributed by atoms with E-state index in [1.54, 1.807) is 31.2 Å². The number of anilines is 1. The lowest BCUT2D eigenvalue weighted by atomic mass is 10.2. The highest BCUT2D eigenvalue weighted by Crippen LogP contribution is 2.36. The Morgan fingerprint density at radius 3 is 2.45 bits per heavy atom. The number of para-hydroxylation sites is 1. The van der Waals surface area contributed by atoms with Crippen LogP contribution >= 0.6 is 11.6 Å². The van der Waals surface area contributed by atoms with Crippen molar-refractivity contribution >= 4 is 29.1 Å². The molecule has 1 aromatic heterocycles. The van der Waals surface area contributed by atoms with Crippen LogP contribution in [0, 0.1) is 6.92 Å². The maximum Gasteiger partial charge on any atom is 0.417 e. The number of nitrogens with zero attached hydrogens (tertiary/aromatic N) is 4. The van der Waals surface area contributed by atoms with Crippen molar-refractivity contribution in [3.8, 4) is 5.69 Å². The van der Waals surface area contributed by atoms with Crippen molar-refractivity contribution in [2.75, 3.05) is 18.9 Å². The summed E-state index contributed by atoms with van der Waals surface area (Å²) in [7, 11) is 1.38. The van der Waals surface area contributed by atoms with Gasteiger partial charge in [-0.3, -0.25) is 9.59 Å². The number of halogens is 4. The molecule has 162 valence electrons. The number of rotatable bonds is 5. The zero-order valence-corrected chi connectivity index (χ0v) is 17.2. The quantitative estimate of drug-likeness (QED) is 0.636. The Kier molecular flexibility index (Phi) is 6.30. The third-order valence-electron chi connectivity index (χ3n) is 4.25. The van der Waals surface area contributed by atoms with Gasteiger partial charge in [-0.1, -0.05) is 29.8 Å². The zero-order valence-electron chi connectivity index (χ0n) is 16.4. The van der Waals surface area contributed by atoms with Gasteiger partial charge in [0.2, 0.25) is 5.91 Å². The smallest absolute Gasteiger partial charge is 0.331 e. The minimum atomic E-state index is -4.66. The molecule has 0 bridgehead atoms. The summed E-state index contributed by atoms with van der Waals surface area (Å²) in [4.78, 5) is 27.4. The highest BCUT2D eigenvalue weighted by atomic mass is 35.5. The molecule has 0 aliphatic carbocycles. The van der Waals surface area contributed by atoms with Crippen LogP contribution in [0.25, 0.3) is 5.69 Å². The molecular weight excluding hydrogens is 435 g/mol. The molecule has 0 aliphatic heterocycles. The van der Waals surface area contributed by atoms with E-state index in [2.05, 4.69) is 15.5 Å². The number of nitrogens with one attached hydrogen (secondary N) is 1. The molecule has 0 unspecified atom stereocenters. The first kappa shape index (κ1) is 22.3. The van der Waals surface area contributed by atoms with Gasteiger partial charge in [0.05, 0.1) is 28.5 Å². The number of carbonyl (C=O) groups is 2. The van der Waals surface area contributed by atoms with Crippen LogP contribution in [-0.2, 0) is 11.0 Å². The Balaban J connectivity index is 1.69. The highest BCUT2D eigenvalue weighted by molar-refractivity contribution is 6.31. The molecule has 3 rings (SSSR count). The summed E-state index contributed by atoms with van der Waals surface area (Å²) in [5.41, 5.74) is -0.0646. The average molecular weight is 452 g/mol. The summed E-state index contributed by atoms with van der Waals surface area (Å²) in [6.07, 6.45) is -4.66. The zero-order chi connectivity index (χ0) is 22.8. The van der Waals surface area contributed by atoms with Gasteiger partial charge >= 0.3 is 6.18 Å². The molecule has 0 saturated carbocycles. The van der Waals surface area contributed by atoms with Gasteiger partial charge in [-0.05, 0) is 37.3 Å². The van der Waals surface area contributed by atoms with Gasteiger partial charge in [-0.2, -0.15) is 23.1 Å². The van der Waals surface area contributed by atoms with Crippen molar-refractivity contribution < 1.29 is 22.8 Å². The molecule has 31 heavy (non-hydrogen) atoms. The predicted octanol–water partition coefficient (Wildman–Crippen LogP) is 3.96. The van der Waals surface area contributed by atoms with E-state index in [1.807, 2.05) is 6.07 Å². The lowest BCUT2D eigenvalue weighted by Crippen LogP contribution is -2.35. The molecule has 2 aromatic carbocycles. The lowest BCUT2D eigenvalue weighted by Gasteiger charge is -2.16. The van der Waals surface area contributed by atoms with E-state index in [-0.39, 0.29) is 11.4 Å². The van der Waals surface area contributed by atoms with Crippen LogP contribution in [0.1, 0.15) is 21.7 Å². The van der Waals surface area contributed by atoms with Crippen molar-refractivity contribution in [1.82, 2.24) is 19.9 Å². The van der Waals surface area contributed by atoms with Gasteiger partial charge in [0, 0.05) is 12.7 Å². The first-order chi connectivity index (χ1) is 14.6. The first-order valence-corrected chi connectivity index (χ1v) is 9.35. The number of benzene rings is 2. The monoisotopic (exact) mass is 451 g/mol. The van der Waals surface area contributed by atoms with E-state index in [4.69, 9.17) is 11.6 Å². The second-order valence-electron chi connectivity index (χ2n) is 6.66. The van der Waals surface area contributed by atoms with Crippen molar-refractivity contribution in [2.45, 2.75) is 13.1 Å². The third kappa shape index (κ3) is 5.21. The van der Waals surface area contributed by atoms with Crippen LogP contribution in [0.4, 0.5) is 18.9 Å². The fraction of sp³-hybridized carbons (Fsp3) is 0.200. The van der Waals surface area contributed by atoms with Crippen molar-refractivity contribution in [3.05, 3.63) is 70.5 Å². The Bertz CT molecular complexity index is 1120. The van der Waals surface area contributed by atoms with Gasteiger partial charge in [0.15, 0.2) is 5.69 Å². The summed E-state index contributed by atoms with van der Waals surface area (Å²) >= 11 is 5.57. The van der Waals surface area contributed by atoms with E-state index in [0.29, 0.717) is 11.4 Å². The van der Waals surface area contributed by atoms with Crippen LogP contribution in [0.15, 0.2) is 48.5 Å². The number of alkyl halides is 3. The summed E-state index contributed by atoms with van der Waals surface area (Å²) in [6.45, 7) is 1.21. The van der Waals surface area contributed by atoms with Crippen molar-refractivity contribution in [3.63, 3.8) is 0 Å². The third-order valence-corrected chi connectivity index (χ3v) is 4.58. The molecular formula is C20H17ClF3N5O2. The number of likely N-dealkylation sites (N-methyl/N-ethyl adjacent to an activating group) is 1. The van der Waals surface area contributed by atoms with E-state index < -0.39 is 35.1 Å². The minimum Gasteiger partial charge on any atom is -0.331 e. The number of aryl methyl sites for hydroxylation is 1. The number of hydrogen-bond donors (Lipinski definition) is 1. The second kappa shape index (κ2) is 8.76. The van der Waals surface area contributed by atoms with Crippen LogP contribution in [-0.4, -0.2) is 45.3 Å². The molecule has 0 fully saturated rings. The van der Waals surface area contributed by atoms with E-state index in [9.17, 15) is 22.8 Å². The fourth-order valence-electron chi connectivity index (χ4n) is 2.74.